The first-order valence-corrected chi connectivity index (χ1v) is 9.01. The molecule has 3 unspecified atom stereocenters. The van der Waals surface area contributed by atoms with E-state index < -0.39 is 12.1 Å². The van der Waals surface area contributed by atoms with E-state index in [1.807, 2.05) is 14.0 Å². The van der Waals surface area contributed by atoms with E-state index in [1.54, 1.807) is 11.8 Å². The molecule has 3 heterocycles. The fourth-order valence-corrected chi connectivity index (χ4v) is 5.48. The summed E-state index contributed by atoms with van der Waals surface area (Å²) in [5.74, 6) is -0.803. The molecular weight excluding hydrogens is 334 g/mol. The number of primary amides is 1. The van der Waals surface area contributed by atoms with Crippen molar-refractivity contribution in [2.24, 2.45) is 11.7 Å². The summed E-state index contributed by atoms with van der Waals surface area (Å²) in [4.78, 5) is 36.4. The minimum Gasteiger partial charge on any atom is -0.476 e. The van der Waals surface area contributed by atoms with Gasteiger partial charge in [0, 0.05) is 12.8 Å². The average Bonchev–Trinajstić information content (AvgIpc) is 2.92. The van der Waals surface area contributed by atoms with Gasteiger partial charge < -0.3 is 15.6 Å². The van der Waals surface area contributed by atoms with E-state index in [1.165, 1.54) is 4.90 Å². The van der Waals surface area contributed by atoms with Crippen molar-refractivity contribution in [1.29, 1.82) is 0 Å². The number of thioether (sulfide) groups is 1. The molecule has 0 aromatic carbocycles. The van der Waals surface area contributed by atoms with Gasteiger partial charge in [-0.1, -0.05) is 6.92 Å². The summed E-state index contributed by atoms with van der Waals surface area (Å²) in [5.41, 5.74) is 5.89. The van der Waals surface area contributed by atoms with Crippen molar-refractivity contribution in [2.45, 2.75) is 31.2 Å². The average molecular weight is 356 g/mol. The maximum absolute atomic E-state index is 12.2. The smallest absolute Gasteiger partial charge is 0.404 e. The van der Waals surface area contributed by atoms with Crippen molar-refractivity contribution in [3.63, 3.8) is 0 Å². The van der Waals surface area contributed by atoms with Crippen molar-refractivity contribution >= 4 is 29.7 Å². The van der Waals surface area contributed by atoms with Gasteiger partial charge in [0.05, 0.1) is 30.6 Å². The molecule has 0 saturated carbocycles. The molecule has 0 radical (unpaired) electrons. The van der Waals surface area contributed by atoms with Crippen molar-refractivity contribution in [3.05, 3.63) is 11.4 Å². The third kappa shape index (κ3) is 2.46. The molecule has 0 aromatic rings. The number of carbonyl (C=O) groups excluding carboxylic acids is 2. The van der Waals surface area contributed by atoms with E-state index in [9.17, 15) is 19.5 Å². The van der Waals surface area contributed by atoms with E-state index in [-0.39, 0.29) is 35.5 Å². The van der Waals surface area contributed by atoms with Crippen molar-refractivity contribution < 1.29 is 28.7 Å². The monoisotopic (exact) mass is 356 g/mol. The summed E-state index contributed by atoms with van der Waals surface area (Å²) in [6, 6.07) is -0.0483. The number of carbonyl (C=O) groups is 3. The highest BCUT2D eigenvalue weighted by atomic mass is 32.2. The summed E-state index contributed by atoms with van der Waals surface area (Å²) < 4.78 is 5.36. The van der Waals surface area contributed by atoms with Crippen molar-refractivity contribution in [3.8, 4) is 0 Å². The first-order chi connectivity index (χ1) is 11.3. The van der Waals surface area contributed by atoms with Crippen LogP contribution in [-0.4, -0.2) is 69.8 Å². The standard InChI is InChI=1S/C15H21N3O5S/c1-8-12(19)17-11(14(20)21)10(7-24-13(8)17)18(2)5-3-4-9(18)6-23-15(16)22/h8-9,13H,3-7H2,1-2H3,(H2-,16,20,21,22)/p+1/t8?,9?,13-,18?/m0/s1. The normalized spacial score (nSPS) is 35.5. The maximum Gasteiger partial charge on any atom is 0.404 e. The molecule has 0 bridgehead atoms. The molecule has 0 aromatic heterocycles. The lowest BCUT2D eigenvalue weighted by atomic mass is 9.98. The Morgan fingerprint density at radius 1 is 1.50 bits per heavy atom. The molecule has 132 valence electrons. The van der Waals surface area contributed by atoms with Crippen LogP contribution >= 0.6 is 11.8 Å². The number of aliphatic carboxylic acids is 1. The zero-order valence-electron chi connectivity index (χ0n) is 13.7. The summed E-state index contributed by atoms with van der Waals surface area (Å²) in [6.07, 6.45) is 0.891. The van der Waals surface area contributed by atoms with Crippen molar-refractivity contribution in [1.82, 2.24) is 4.90 Å². The van der Waals surface area contributed by atoms with Gasteiger partial charge in [0.2, 0.25) is 5.91 Å². The predicted molar refractivity (Wildman–Crippen MR) is 86.5 cm³/mol. The van der Waals surface area contributed by atoms with Gasteiger partial charge in [-0.15, -0.1) is 11.8 Å². The number of likely N-dealkylation sites (N-methyl/N-ethyl adjacent to an activating group) is 1. The minimum absolute atomic E-state index is 0.0483. The van der Waals surface area contributed by atoms with E-state index in [4.69, 9.17) is 10.5 Å². The molecular formula is C15H22N3O5S+. The van der Waals surface area contributed by atoms with Gasteiger partial charge in [-0.25, -0.2) is 9.59 Å². The van der Waals surface area contributed by atoms with Crippen LogP contribution in [0.3, 0.4) is 0 Å². The van der Waals surface area contributed by atoms with Crippen LogP contribution in [0.15, 0.2) is 11.4 Å². The molecule has 0 spiro atoms. The zero-order chi connectivity index (χ0) is 17.6. The first kappa shape index (κ1) is 17.1. The molecule has 9 heteroatoms. The van der Waals surface area contributed by atoms with Gasteiger partial charge >= 0.3 is 12.1 Å². The topological polar surface area (TPSA) is 110 Å². The van der Waals surface area contributed by atoms with Crippen LogP contribution in [0.25, 0.3) is 0 Å². The molecule has 24 heavy (non-hydrogen) atoms. The number of rotatable bonds is 4. The fourth-order valence-electron chi connectivity index (χ4n) is 3.96. The van der Waals surface area contributed by atoms with Gasteiger partial charge in [0.25, 0.3) is 0 Å². The third-order valence-corrected chi connectivity index (χ3v) is 6.82. The number of nitrogens with two attached hydrogens (primary N) is 1. The van der Waals surface area contributed by atoms with Crippen LogP contribution in [0.1, 0.15) is 19.8 Å². The lowest BCUT2D eigenvalue weighted by Gasteiger charge is -2.50. The highest BCUT2D eigenvalue weighted by Crippen LogP contribution is 2.47. The van der Waals surface area contributed by atoms with Crippen LogP contribution in [0.5, 0.6) is 0 Å². The Labute approximate surface area is 144 Å². The lowest BCUT2D eigenvalue weighted by Crippen LogP contribution is -2.63. The second kappa shape index (κ2) is 5.96. The largest absolute Gasteiger partial charge is 0.476 e. The third-order valence-electron chi connectivity index (χ3n) is 5.42. The number of nitrogens with zero attached hydrogens (tertiary/aromatic N) is 2. The molecule has 2 amide bonds. The molecule has 0 aliphatic carbocycles. The van der Waals surface area contributed by atoms with Gasteiger partial charge in [-0.2, -0.15) is 0 Å². The van der Waals surface area contributed by atoms with Gasteiger partial charge in [0.15, 0.2) is 11.4 Å². The molecule has 3 aliphatic rings. The van der Waals surface area contributed by atoms with Gasteiger partial charge in [0.1, 0.15) is 12.6 Å². The Morgan fingerprint density at radius 3 is 2.83 bits per heavy atom. The Morgan fingerprint density at radius 2 is 2.21 bits per heavy atom. The molecule has 8 nitrogen and oxygen atoms in total. The van der Waals surface area contributed by atoms with E-state index in [2.05, 4.69) is 0 Å². The Hall–Kier alpha value is -1.74. The van der Waals surface area contributed by atoms with Gasteiger partial charge in [-0.3, -0.25) is 14.2 Å². The number of ether oxygens (including phenoxy) is 1. The quantitative estimate of drug-likeness (QED) is 0.562. The number of quaternary nitrogens is 1. The van der Waals surface area contributed by atoms with Gasteiger partial charge in [-0.05, 0) is 0 Å². The summed E-state index contributed by atoms with van der Waals surface area (Å²) in [7, 11) is 1.95. The van der Waals surface area contributed by atoms with E-state index >= 15 is 0 Å². The van der Waals surface area contributed by atoms with Crippen molar-refractivity contribution in [2.75, 3.05) is 26.0 Å². The predicted octanol–water partition coefficient (Wildman–Crippen LogP) is 0.538. The Balaban J connectivity index is 1.96. The summed E-state index contributed by atoms with van der Waals surface area (Å²) in [5, 5.41) is 9.64. The van der Waals surface area contributed by atoms with Crippen LogP contribution in [0, 0.1) is 5.92 Å². The number of amides is 2. The number of carboxylic acid groups (broad SMARTS) is 1. The Bertz CT molecular complexity index is 637. The second-order valence-corrected chi connectivity index (χ2v) is 7.82. The molecule has 3 rings (SSSR count). The van der Waals surface area contributed by atoms with Crippen LogP contribution in [-0.2, 0) is 14.3 Å². The number of hydrogen-bond donors (Lipinski definition) is 2. The van der Waals surface area contributed by atoms with E-state index in [0.717, 1.165) is 25.1 Å². The molecule has 3 N–H and O–H groups in total. The number of hydrogen-bond acceptors (Lipinski definition) is 5. The van der Waals surface area contributed by atoms with Crippen LogP contribution in [0.4, 0.5) is 4.79 Å². The Kier molecular flexibility index (Phi) is 4.25. The van der Waals surface area contributed by atoms with E-state index in [0.29, 0.717) is 10.2 Å². The SMILES string of the molecule is CC1C(=O)N2C(C(=O)O)=C([N+]3(C)CCCC3COC(N)=O)CS[C@@H]12. The first-order valence-electron chi connectivity index (χ1n) is 7.96. The highest BCUT2D eigenvalue weighted by molar-refractivity contribution is 8.00. The minimum atomic E-state index is -1.07. The summed E-state index contributed by atoms with van der Waals surface area (Å²) in [6.45, 7) is 2.74. The zero-order valence-corrected chi connectivity index (χ0v) is 14.5. The maximum atomic E-state index is 12.2. The number of likely N-dealkylation sites (tertiary alicyclic amines) is 1. The number of β-lactam (4-membered cyclic amide) rings is 1. The molecule has 2 saturated heterocycles. The fraction of sp³-hybridized carbons (Fsp3) is 0.667. The number of fused-ring (bicyclic) bond motifs is 1. The summed E-state index contributed by atoms with van der Waals surface area (Å²) >= 11 is 1.60. The lowest BCUT2D eigenvalue weighted by molar-refractivity contribution is -0.885. The number of carboxylic acids is 1. The molecule has 2 fully saturated rings. The second-order valence-electron chi connectivity index (χ2n) is 6.72. The molecule has 4 atom stereocenters. The molecule has 3 aliphatic heterocycles. The van der Waals surface area contributed by atoms with Crippen LogP contribution < -0.4 is 5.73 Å². The van der Waals surface area contributed by atoms with Crippen LogP contribution in [0.2, 0.25) is 0 Å². The highest BCUT2D eigenvalue weighted by Gasteiger charge is 2.56.